The number of nitro groups is 1. The molecule has 6 nitrogen and oxygen atoms in total. The minimum absolute atomic E-state index is 0.0284. The Balaban J connectivity index is 2.25. The normalized spacial score (nSPS) is 10.3. The van der Waals surface area contributed by atoms with E-state index in [9.17, 15) is 10.1 Å². The van der Waals surface area contributed by atoms with Crippen LogP contribution in [0.5, 0.6) is 0 Å². The molecule has 0 unspecified atom stereocenters. The van der Waals surface area contributed by atoms with Crippen LogP contribution in [0.15, 0.2) is 23.6 Å². The van der Waals surface area contributed by atoms with Crippen molar-refractivity contribution in [2.45, 2.75) is 19.8 Å². The first kappa shape index (κ1) is 14.0. The third-order valence-electron chi connectivity index (χ3n) is 2.68. The fraction of sp³-hybridized carbons (Fsp3) is 0.231. The standard InChI is InChI=1S/C13H12N4O2S/c1-8(2)11-7-20-13(16-11)15-10-3-4-12(17(18)19)9(5-10)6-14/h3-5,7-8H,1-2H3,(H,15,16). The highest BCUT2D eigenvalue weighted by Gasteiger charge is 2.14. The third kappa shape index (κ3) is 2.92. The van der Waals surface area contributed by atoms with E-state index in [4.69, 9.17) is 5.26 Å². The third-order valence-corrected chi connectivity index (χ3v) is 3.45. The molecule has 0 saturated heterocycles. The molecular weight excluding hydrogens is 276 g/mol. The Labute approximate surface area is 119 Å². The van der Waals surface area contributed by atoms with Gasteiger partial charge in [0.1, 0.15) is 11.6 Å². The summed E-state index contributed by atoms with van der Waals surface area (Å²) in [7, 11) is 0. The molecular formula is C13H12N4O2S. The van der Waals surface area contributed by atoms with Crippen molar-refractivity contribution in [1.82, 2.24) is 4.98 Å². The Morgan fingerprint density at radius 1 is 1.50 bits per heavy atom. The van der Waals surface area contributed by atoms with Gasteiger partial charge in [-0.3, -0.25) is 10.1 Å². The van der Waals surface area contributed by atoms with Gasteiger partial charge in [-0.2, -0.15) is 5.26 Å². The van der Waals surface area contributed by atoms with E-state index in [1.54, 1.807) is 6.07 Å². The minimum Gasteiger partial charge on any atom is -0.331 e. The number of anilines is 2. The highest BCUT2D eigenvalue weighted by atomic mass is 32.1. The van der Waals surface area contributed by atoms with Crippen LogP contribution in [0.25, 0.3) is 0 Å². The van der Waals surface area contributed by atoms with Gasteiger partial charge in [0, 0.05) is 17.1 Å². The zero-order valence-corrected chi connectivity index (χ0v) is 11.8. The van der Waals surface area contributed by atoms with E-state index in [-0.39, 0.29) is 11.3 Å². The average Bonchev–Trinajstić information content (AvgIpc) is 2.87. The van der Waals surface area contributed by atoms with Gasteiger partial charge in [0.15, 0.2) is 5.13 Å². The van der Waals surface area contributed by atoms with Crippen molar-refractivity contribution in [2.24, 2.45) is 0 Å². The van der Waals surface area contributed by atoms with Gasteiger partial charge in [-0.1, -0.05) is 13.8 Å². The Hall–Kier alpha value is -2.46. The number of benzene rings is 1. The van der Waals surface area contributed by atoms with Gasteiger partial charge >= 0.3 is 0 Å². The number of hydrogen-bond donors (Lipinski definition) is 1. The van der Waals surface area contributed by atoms with Crippen molar-refractivity contribution in [2.75, 3.05) is 5.32 Å². The molecule has 2 aromatic rings. The number of nitro benzene ring substituents is 1. The zero-order chi connectivity index (χ0) is 14.7. The smallest absolute Gasteiger partial charge is 0.287 e. The first-order valence-electron chi connectivity index (χ1n) is 5.92. The SMILES string of the molecule is CC(C)c1csc(Nc2ccc([N+](=O)[O-])c(C#N)c2)n1. The molecule has 0 aliphatic heterocycles. The maximum absolute atomic E-state index is 10.8. The van der Waals surface area contributed by atoms with E-state index < -0.39 is 4.92 Å². The van der Waals surface area contributed by atoms with Crippen LogP contribution in [-0.4, -0.2) is 9.91 Å². The van der Waals surface area contributed by atoms with Gasteiger partial charge in [-0.15, -0.1) is 11.3 Å². The molecule has 7 heteroatoms. The van der Waals surface area contributed by atoms with Crippen molar-refractivity contribution in [3.63, 3.8) is 0 Å². The molecule has 1 heterocycles. The quantitative estimate of drug-likeness (QED) is 0.682. The first-order valence-corrected chi connectivity index (χ1v) is 6.80. The lowest BCUT2D eigenvalue weighted by Gasteiger charge is -2.03. The first-order chi connectivity index (χ1) is 9.51. The van der Waals surface area contributed by atoms with Crippen LogP contribution in [0, 0.1) is 21.4 Å². The predicted molar refractivity (Wildman–Crippen MR) is 77.3 cm³/mol. The summed E-state index contributed by atoms with van der Waals surface area (Å²) < 4.78 is 0. The van der Waals surface area contributed by atoms with E-state index in [1.807, 2.05) is 11.4 Å². The highest BCUT2D eigenvalue weighted by Crippen LogP contribution is 2.27. The Morgan fingerprint density at radius 2 is 2.25 bits per heavy atom. The molecule has 1 aromatic carbocycles. The molecule has 0 aliphatic rings. The fourth-order valence-corrected chi connectivity index (χ4v) is 2.49. The number of rotatable bonds is 4. The molecule has 0 bridgehead atoms. The van der Waals surface area contributed by atoms with Gasteiger partial charge in [-0.05, 0) is 18.1 Å². The number of nitrogens with zero attached hydrogens (tertiary/aromatic N) is 3. The summed E-state index contributed by atoms with van der Waals surface area (Å²) in [4.78, 5) is 14.6. The van der Waals surface area contributed by atoms with Crippen molar-refractivity contribution in [3.8, 4) is 6.07 Å². The van der Waals surface area contributed by atoms with Crippen molar-refractivity contribution in [3.05, 3.63) is 45.0 Å². The summed E-state index contributed by atoms with van der Waals surface area (Å²) >= 11 is 1.46. The van der Waals surface area contributed by atoms with Gasteiger partial charge in [0.05, 0.1) is 10.6 Å². The van der Waals surface area contributed by atoms with Crippen molar-refractivity contribution >= 4 is 27.8 Å². The van der Waals surface area contributed by atoms with E-state index in [1.165, 1.54) is 23.5 Å². The summed E-state index contributed by atoms with van der Waals surface area (Å²) in [6.45, 7) is 4.11. The van der Waals surface area contributed by atoms with E-state index in [0.29, 0.717) is 16.7 Å². The second-order valence-electron chi connectivity index (χ2n) is 4.46. The molecule has 1 N–H and O–H groups in total. The van der Waals surface area contributed by atoms with Crippen LogP contribution >= 0.6 is 11.3 Å². The van der Waals surface area contributed by atoms with Crippen LogP contribution in [0.1, 0.15) is 31.0 Å². The number of thiazole rings is 1. The van der Waals surface area contributed by atoms with Gasteiger partial charge in [0.25, 0.3) is 5.69 Å². The van der Waals surface area contributed by atoms with Crippen LogP contribution in [-0.2, 0) is 0 Å². The van der Waals surface area contributed by atoms with Crippen LogP contribution in [0.3, 0.4) is 0 Å². The molecule has 0 radical (unpaired) electrons. The molecule has 0 atom stereocenters. The lowest BCUT2D eigenvalue weighted by molar-refractivity contribution is -0.385. The van der Waals surface area contributed by atoms with Crippen LogP contribution in [0.4, 0.5) is 16.5 Å². The molecule has 0 saturated carbocycles. The van der Waals surface area contributed by atoms with E-state index >= 15 is 0 Å². The second kappa shape index (κ2) is 5.67. The summed E-state index contributed by atoms with van der Waals surface area (Å²) in [5, 5.41) is 25.4. The van der Waals surface area contributed by atoms with Gasteiger partial charge in [-0.25, -0.2) is 4.98 Å². The summed E-state index contributed by atoms with van der Waals surface area (Å²) in [5.74, 6) is 0.341. The number of aromatic nitrogens is 1. The van der Waals surface area contributed by atoms with Crippen LogP contribution in [0.2, 0.25) is 0 Å². The highest BCUT2D eigenvalue weighted by molar-refractivity contribution is 7.13. The lowest BCUT2D eigenvalue weighted by atomic mass is 10.2. The molecule has 20 heavy (non-hydrogen) atoms. The molecule has 0 aliphatic carbocycles. The topological polar surface area (TPSA) is 91.9 Å². The Bertz CT molecular complexity index is 688. The Morgan fingerprint density at radius 3 is 2.80 bits per heavy atom. The summed E-state index contributed by atoms with van der Waals surface area (Å²) in [6, 6.07) is 6.16. The lowest BCUT2D eigenvalue weighted by Crippen LogP contribution is -1.96. The molecule has 0 amide bonds. The number of hydrogen-bond acceptors (Lipinski definition) is 6. The average molecular weight is 288 g/mol. The molecule has 0 fully saturated rings. The van der Waals surface area contributed by atoms with E-state index in [2.05, 4.69) is 24.1 Å². The van der Waals surface area contributed by atoms with E-state index in [0.717, 1.165) is 5.69 Å². The van der Waals surface area contributed by atoms with Crippen molar-refractivity contribution < 1.29 is 4.92 Å². The van der Waals surface area contributed by atoms with Crippen LogP contribution < -0.4 is 5.32 Å². The predicted octanol–water partition coefficient (Wildman–Crippen LogP) is 3.79. The zero-order valence-electron chi connectivity index (χ0n) is 11.0. The van der Waals surface area contributed by atoms with Crippen molar-refractivity contribution in [1.29, 1.82) is 5.26 Å². The molecule has 0 spiro atoms. The Kier molecular flexibility index (Phi) is 3.96. The second-order valence-corrected chi connectivity index (χ2v) is 5.32. The monoisotopic (exact) mass is 288 g/mol. The minimum atomic E-state index is -0.567. The van der Waals surface area contributed by atoms with Gasteiger partial charge in [0.2, 0.25) is 0 Å². The molecule has 1 aromatic heterocycles. The summed E-state index contributed by atoms with van der Waals surface area (Å²) in [5.41, 5.74) is 1.43. The van der Waals surface area contributed by atoms with Gasteiger partial charge < -0.3 is 5.32 Å². The maximum atomic E-state index is 10.8. The maximum Gasteiger partial charge on any atom is 0.287 e. The number of nitrogens with one attached hydrogen (secondary N) is 1. The largest absolute Gasteiger partial charge is 0.331 e. The number of nitriles is 1. The summed E-state index contributed by atoms with van der Waals surface area (Å²) in [6.07, 6.45) is 0. The molecule has 2 rings (SSSR count). The fourth-order valence-electron chi connectivity index (χ4n) is 1.59. The molecule has 102 valence electrons.